The van der Waals surface area contributed by atoms with Crippen LogP contribution < -0.4 is 16.0 Å². The van der Waals surface area contributed by atoms with E-state index in [0.29, 0.717) is 10.0 Å². The Balaban J connectivity index is 1.61. The number of halogens is 2. The van der Waals surface area contributed by atoms with Crippen LogP contribution in [0.2, 0.25) is 10.0 Å². The highest BCUT2D eigenvalue weighted by atomic mass is 35.5. The summed E-state index contributed by atoms with van der Waals surface area (Å²) in [6.45, 7) is 1.97. The van der Waals surface area contributed by atoms with Crippen LogP contribution in [-0.4, -0.2) is 28.7 Å². The second-order valence-electron chi connectivity index (χ2n) is 7.20. The zero-order valence-electron chi connectivity index (χ0n) is 17.8. The lowest BCUT2D eigenvalue weighted by Gasteiger charge is -2.16. The number of amides is 3. The molecular weight excluding hydrogens is 463 g/mol. The van der Waals surface area contributed by atoms with Crippen LogP contribution in [0.5, 0.6) is 0 Å². The minimum Gasteiger partial charge on any atom is -0.350 e. The molecule has 0 bridgehead atoms. The number of nitrogens with one attached hydrogen (secondary N) is 3. The van der Waals surface area contributed by atoms with Crippen LogP contribution in [-0.2, 0) is 17.9 Å². The van der Waals surface area contributed by atoms with E-state index in [1.165, 1.54) is 18.5 Å². The molecule has 0 saturated carbocycles. The van der Waals surface area contributed by atoms with Crippen LogP contribution >= 0.6 is 23.2 Å². The lowest BCUT2D eigenvalue weighted by atomic mass is 10.1. The van der Waals surface area contributed by atoms with Gasteiger partial charge in [-0.2, -0.15) is 0 Å². The van der Waals surface area contributed by atoms with E-state index < -0.39 is 23.8 Å². The Morgan fingerprint density at radius 1 is 0.818 bits per heavy atom. The Morgan fingerprint density at radius 3 is 2.00 bits per heavy atom. The molecule has 3 N–H and O–H groups in total. The van der Waals surface area contributed by atoms with Crippen molar-refractivity contribution in [2.24, 2.45) is 0 Å². The van der Waals surface area contributed by atoms with Gasteiger partial charge < -0.3 is 16.0 Å². The first-order valence-corrected chi connectivity index (χ1v) is 10.9. The maximum Gasteiger partial charge on any atom is 0.254 e. The molecule has 3 aromatic rings. The Morgan fingerprint density at radius 2 is 1.39 bits per heavy atom. The number of pyridine rings is 1. The summed E-state index contributed by atoms with van der Waals surface area (Å²) in [5, 5.41) is 9.15. The molecule has 0 saturated heterocycles. The number of carbonyl (C=O) groups excluding carboxylic acids is 3. The number of aromatic nitrogens is 1. The van der Waals surface area contributed by atoms with Crippen molar-refractivity contribution in [2.75, 3.05) is 0 Å². The van der Waals surface area contributed by atoms with E-state index in [-0.39, 0.29) is 24.2 Å². The number of rotatable bonds is 8. The van der Waals surface area contributed by atoms with Crippen molar-refractivity contribution in [1.29, 1.82) is 0 Å². The van der Waals surface area contributed by atoms with E-state index in [1.54, 1.807) is 43.3 Å². The summed E-state index contributed by atoms with van der Waals surface area (Å²) in [7, 11) is 0. The van der Waals surface area contributed by atoms with Crippen LogP contribution in [0.25, 0.3) is 0 Å². The minimum atomic E-state index is -0.848. The summed E-state index contributed by atoms with van der Waals surface area (Å²) in [4.78, 5) is 41.9. The van der Waals surface area contributed by atoms with Crippen LogP contribution in [0.3, 0.4) is 0 Å². The van der Waals surface area contributed by atoms with Gasteiger partial charge in [-0.1, -0.05) is 59.6 Å². The molecule has 1 atom stereocenters. The fourth-order valence-corrected chi connectivity index (χ4v) is 3.41. The average Bonchev–Trinajstić information content (AvgIpc) is 2.82. The van der Waals surface area contributed by atoms with Gasteiger partial charge in [0, 0.05) is 35.5 Å². The first-order valence-electron chi connectivity index (χ1n) is 10.1. The highest BCUT2D eigenvalue weighted by molar-refractivity contribution is 6.31. The van der Waals surface area contributed by atoms with Crippen molar-refractivity contribution >= 4 is 40.9 Å². The van der Waals surface area contributed by atoms with Crippen LogP contribution in [0.15, 0.2) is 67.0 Å². The van der Waals surface area contributed by atoms with Crippen molar-refractivity contribution in [3.63, 3.8) is 0 Å². The van der Waals surface area contributed by atoms with Gasteiger partial charge in [-0.25, -0.2) is 0 Å². The molecule has 7 nitrogen and oxygen atoms in total. The zero-order chi connectivity index (χ0) is 23.8. The fourth-order valence-electron chi connectivity index (χ4n) is 3.00. The lowest BCUT2D eigenvalue weighted by molar-refractivity contribution is -0.122. The molecule has 1 unspecified atom stereocenters. The Kier molecular flexibility index (Phi) is 8.40. The lowest BCUT2D eigenvalue weighted by Crippen LogP contribution is -2.45. The second kappa shape index (κ2) is 11.4. The molecule has 0 fully saturated rings. The zero-order valence-corrected chi connectivity index (χ0v) is 19.3. The van der Waals surface area contributed by atoms with E-state index in [1.807, 2.05) is 12.1 Å². The molecule has 2 aromatic carbocycles. The van der Waals surface area contributed by atoms with Gasteiger partial charge in [-0.15, -0.1) is 0 Å². The SMILES string of the molecule is CC(NC(=O)c1cnccc1C(=O)NCc1ccccc1Cl)C(=O)NCc1ccccc1Cl. The van der Waals surface area contributed by atoms with Crippen LogP contribution in [0, 0.1) is 0 Å². The van der Waals surface area contributed by atoms with Crippen molar-refractivity contribution in [3.05, 3.63) is 99.3 Å². The second-order valence-corrected chi connectivity index (χ2v) is 8.01. The monoisotopic (exact) mass is 484 g/mol. The molecule has 3 amide bonds. The molecule has 0 aliphatic carbocycles. The maximum absolute atomic E-state index is 12.8. The largest absolute Gasteiger partial charge is 0.350 e. The van der Waals surface area contributed by atoms with E-state index in [0.717, 1.165) is 11.1 Å². The summed E-state index contributed by atoms with van der Waals surface area (Å²) < 4.78 is 0. The van der Waals surface area contributed by atoms with Gasteiger partial charge in [0.05, 0.1) is 11.1 Å². The van der Waals surface area contributed by atoms with Crippen LogP contribution in [0.4, 0.5) is 0 Å². The number of hydrogen-bond acceptors (Lipinski definition) is 4. The molecule has 0 radical (unpaired) electrons. The third kappa shape index (κ3) is 6.54. The number of hydrogen-bond donors (Lipinski definition) is 3. The Bertz CT molecular complexity index is 1170. The maximum atomic E-state index is 12.8. The standard InChI is InChI=1S/C24H22Cl2N4O3/c1-15(22(31)28-12-16-6-2-4-8-20(16)25)30-24(33)19-14-27-11-10-18(19)23(32)29-13-17-7-3-5-9-21(17)26/h2-11,14-15H,12-13H2,1H3,(H,28,31)(H,29,32)(H,30,33). The van der Waals surface area contributed by atoms with Gasteiger partial charge in [-0.3, -0.25) is 19.4 Å². The molecular formula is C24H22Cl2N4O3. The average molecular weight is 485 g/mol. The highest BCUT2D eigenvalue weighted by Gasteiger charge is 2.21. The van der Waals surface area contributed by atoms with E-state index in [4.69, 9.17) is 23.2 Å². The Labute approximate surface area is 201 Å². The molecule has 1 aromatic heterocycles. The quantitative estimate of drug-likeness (QED) is 0.453. The molecule has 3 rings (SSSR count). The van der Waals surface area contributed by atoms with E-state index >= 15 is 0 Å². The first kappa shape index (κ1) is 24.2. The predicted molar refractivity (Wildman–Crippen MR) is 127 cm³/mol. The highest BCUT2D eigenvalue weighted by Crippen LogP contribution is 2.16. The van der Waals surface area contributed by atoms with Gasteiger partial charge in [0.15, 0.2) is 0 Å². The normalized spacial score (nSPS) is 11.4. The smallest absolute Gasteiger partial charge is 0.254 e. The number of nitrogens with zero attached hydrogens (tertiary/aromatic N) is 1. The molecule has 1 heterocycles. The predicted octanol–water partition coefficient (Wildman–Crippen LogP) is 3.75. The van der Waals surface area contributed by atoms with Gasteiger partial charge in [0.2, 0.25) is 5.91 Å². The summed E-state index contributed by atoms with van der Waals surface area (Å²) in [6, 6.07) is 14.9. The van der Waals surface area contributed by atoms with E-state index in [9.17, 15) is 14.4 Å². The third-order valence-corrected chi connectivity index (χ3v) is 5.60. The van der Waals surface area contributed by atoms with Gasteiger partial charge in [-0.05, 0) is 36.2 Å². The minimum absolute atomic E-state index is 0.0555. The molecule has 170 valence electrons. The van der Waals surface area contributed by atoms with Gasteiger partial charge in [0.1, 0.15) is 6.04 Å². The molecule has 33 heavy (non-hydrogen) atoms. The number of carbonyl (C=O) groups is 3. The summed E-state index contributed by atoms with van der Waals surface area (Å²) in [6.07, 6.45) is 2.70. The Hall–Kier alpha value is -3.42. The molecule has 0 aliphatic rings. The van der Waals surface area contributed by atoms with Gasteiger partial charge in [0.25, 0.3) is 11.8 Å². The van der Waals surface area contributed by atoms with Crippen LogP contribution in [0.1, 0.15) is 38.8 Å². The van der Waals surface area contributed by atoms with Gasteiger partial charge >= 0.3 is 0 Å². The van der Waals surface area contributed by atoms with E-state index in [2.05, 4.69) is 20.9 Å². The van der Waals surface area contributed by atoms with Crippen molar-refractivity contribution in [1.82, 2.24) is 20.9 Å². The first-order chi connectivity index (χ1) is 15.9. The van der Waals surface area contributed by atoms with Crippen molar-refractivity contribution in [3.8, 4) is 0 Å². The molecule has 9 heteroatoms. The molecule has 0 aliphatic heterocycles. The summed E-state index contributed by atoms with van der Waals surface area (Å²) in [5.74, 6) is -1.44. The summed E-state index contributed by atoms with van der Waals surface area (Å²) in [5.41, 5.74) is 1.70. The number of benzene rings is 2. The third-order valence-electron chi connectivity index (χ3n) is 4.86. The van der Waals surface area contributed by atoms with Crippen molar-refractivity contribution in [2.45, 2.75) is 26.1 Å². The molecule has 0 spiro atoms. The fraction of sp³-hybridized carbons (Fsp3) is 0.167. The topological polar surface area (TPSA) is 100 Å². The summed E-state index contributed by atoms with van der Waals surface area (Å²) >= 11 is 12.2. The van der Waals surface area contributed by atoms with Crippen molar-refractivity contribution < 1.29 is 14.4 Å².